The molecule has 2 aliphatic carbocycles. The Morgan fingerprint density at radius 2 is 2.13 bits per heavy atom. The molecule has 1 aromatic rings. The van der Waals surface area contributed by atoms with Crippen LogP contribution in [0.25, 0.3) is 0 Å². The summed E-state index contributed by atoms with van der Waals surface area (Å²) in [6.07, 6.45) is 3.98. The molecule has 80 valence electrons. The highest BCUT2D eigenvalue weighted by molar-refractivity contribution is 5.36. The Bertz CT molecular complexity index is 346. The van der Waals surface area contributed by atoms with Crippen molar-refractivity contribution in [2.45, 2.75) is 37.7 Å². The number of fused-ring (bicyclic) bond motifs is 1. The minimum Gasteiger partial charge on any atom is -0.374 e. The van der Waals surface area contributed by atoms with Crippen LogP contribution in [0.2, 0.25) is 0 Å². The van der Waals surface area contributed by atoms with E-state index >= 15 is 0 Å². The van der Waals surface area contributed by atoms with Crippen LogP contribution in [0.1, 0.15) is 37.7 Å². The van der Waals surface area contributed by atoms with Gasteiger partial charge in [0.25, 0.3) is 0 Å². The van der Waals surface area contributed by atoms with Crippen LogP contribution in [-0.2, 0) is 4.74 Å². The molecule has 0 aliphatic heterocycles. The fraction of sp³-hybridized carbons (Fsp3) is 0.571. The van der Waals surface area contributed by atoms with Crippen LogP contribution in [0.15, 0.2) is 30.3 Å². The van der Waals surface area contributed by atoms with E-state index in [1.807, 2.05) is 0 Å². The summed E-state index contributed by atoms with van der Waals surface area (Å²) in [6.45, 7) is 2.98. The molecular weight excluding hydrogens is 184 g/mol. The van der Waals surface area contributed by atoms with E-state index in [9.17, 15) is 0 Å². The fourth-order valence-electron chi connectivity index (χ4n) is 3.56. The summed E-state index contributed by atoms with van der Waals surface area (Å²) >= 11 is 0. The van der Waals surface area contributed by atoms with Gasteiger partial charge >= 0.3 is 0 Å². The molecule has 1 heteroatoms. The third-order valence-electron chi connectivity index (χ3n) is 4.10. The first-order valence-electron chi connectivity index (χ1n) is 6.07. The molecule has 3 atom stereocenters. The van der Waals surface area contributed by atoms with E-state index in [0.29, 0.717) is 5.92 Å². The van der Waals surface area contributed by atoms with Crippen molar-refractivity contribution in [3.05, 3.63) is 35.9 Å². The molecule has 0 bridgehead atoms. The summed E-state index contributed by atoms with van der Waals surface area (Å²) in [5.41, 5.74) is 1.71. The van der Waals surface area contributed by atoms with E-state index < -0.39 is 0 Å². The van der Waals surface area contributed by atoms with E-state index in [1.54, 1.807) is 0 Å². The first-order chi connectivity index (χ1) is 7.38. The fourth-order valence-corrected chi connectivity index (χ4v) is 3.56. The molecule has 1 aromatic carbocycles. The SMILES string of the molecule is CCOC12CCCC1C2c1ccccc1. The van der Waals surface area contributed by atoms with E-state index in [0.717, 1.165) is 12.5 Å². The highest BCUT2D eigenvalue weighted by Gasteiger charge is 2.67. The summed E-state index contributed by atoms with van der Waals surface area (Å²) in [6, 6.07) is 10.9. The molecule has 0 N–H and O–H groups in total. The normalized spacial score (nSPS) is 37.7. The summed E-state index contributed by atoms with van der Waals surface area (Å²) in [5.74, 6) is 1.49. The van der Waals surface area contributed by atoms with Crippen LogP contribution in [0.4, 0.5) is 0 Å². The van der Waals surface area contributed by atoms with Gasteiger partial charge in [0.2, 0.25) is 0 Å². The smallest absolute Gasteiger partial charge is 0.0789 e. The average Bonchev–Trinajstić information content (AvgIpc) is 2.69. The second-order valence-electron chi connectivity index (χ2n) is 4.78. The standard InChI is InChI=1S/C14H18O/c1-2-15-14-10-6-9-12(14)13(14)11-7-4-3-5-8-11/h3-5,7-8,12-13H,2,6,9-10H2,1H3. The largest absolute Gasteiger partial charge is 0.374 e. The number of hydrogen-bond acceptors (Lipinski definition) is 1. The summed E-state index contributed by atoms with van der Waals surface area (Å²) in [4.78, 5) is 0. The first-order valence-corrected chi connectivity index (χ1v) is 6.07. The minimum absolute atomic E-state index is 0.232. The zero-order valence-electron chi connectivity index (χ0n) is 9.28. The Morgan fingerprint density at radius 1 is 1.33 bits per heavy atom. The van der Waals surface area contributed by atoms with Crippen LogP contribution < -0.4 is 0 Å². The summed E-state index contributed by atoms with van der Waals surface area (Å²) < 4.78 is 6.03. The zero-order chi connectivity index (χ0) is 10.3. The molecule has 1 nitrogen and oxygen atoms in total. The van der Waals surface area contributed by atoms with Gasteiger partial charge in [0, 0.05) is 12.5 Å². The van der Waals surface area contributed by atoms with E-state index in [4.69, 9.17) is 4.74 Å². The summed E-state index contributed by atoms with van der Waals surface area (Å²) in [5, 5.41) is 0. The van der Waals surface area contributed by atoms with E-state index in [2.05, 4.69) is 37.3 Å². The Hall–Kier alpha value is -0.820. The molecule has 0 amide bonds. The quantitative estimate of drug-likeness (QED) is 0.730. The van der Waals surface area contributed by atoms with Gasteiger partial charge in [0.1, 0.15) is 0 Å². The summed E-state index contributed by atoms with van der Waals surface area (Å²) in [7, 11) is 0. The maximum Gasteiger partial charge on any atom is 0.0789 e. The molecule has 0 spiro atoms. The van der Waals surface area contributed by atoms with Crippen molar-refractivity contribution in [2.75, 3.05) is 6.61 Å². The molecule has 2 aliphatic rings. The number of rotatable bonds is 3. The van der Waals surface area contributed by atoms with Crippen LogP contribution in [-0.4, -0.2) is 12.2 Å². The van der Waals surface area contributed by atoms with Gasteiger partial charge < -0.3 is 4.74 Å². The molecule has 3 rings (SSSR count). The lowest BCUT2D eigenvalue weighted by molar-refractivity contribution is 0.0320. The van der Waals surface area contributed by atoms with Gasteiger partial charge in [-0.1, -0.05) is 36.8 Å². The van der Waals surface area contributed by atoms with Gasteiger partial charge in [0.15, 0.2) is 0 Å². The molecule has 0 aromatic heterocycles. The molecular formula is C14H18O. The van der Waals surface area contributed by atoms with Crippen molar-refractivity contribution in [3.8, 4) is 0 Å². The van der Waals surface area contributed by atoms with Crippen molar-refractivity contribution in [3.63, 3.8) is 0 Å². The van der Waals surface area contributed by atoms with Gasteiger partial charge in [-0.2, -0.15) is 0 Å². The second kappa shape index (κ2) is 3.34. The molecule has 0 radical (unpaired) electrons. The highest BCUT2D eigenvalue weighted by atomic mass is 16.5. The lowest BCUT2D eigenvalue weighted by Crippen LogP contribution is -2.15. The van der Waals surface area contributed by atoms with Crippen molar-refractivity contribution in [1.29, 1.82) is 0 Å². The molecule has 3 unspecified atom stereocenters. The third-order valence-corrected chi connectivity index (χ3v) is 4.10. The maximum atomic E-state index is 6.03. The van der Waals surface area contributed by atoms with Gasteiger partial charge in [-0.15, -0.1) is 0 Å². The van der Waals surface area contributed by atoms with E-state index in [1.165, 1.54) is 24.8 Å². The third kappa shape index (κ3) is 1.26. The minimum atomic E-state index is 0.232. The average molecular weight is 202 g/mol. The zero-order valence-corrected chi connectivity index (χ0v) is 9.28. The molecule has 2 saturated carbocycles. The number of benzene rings is 1. The van der Waals surface area contributed by atoms with Gasteiger partial charge in [-0.25, -0.2) is 0 Å². The van der Waals surface area contributed by atoms with Crippen molar-refractivity contribution >= 4 is 0 Å². The van der Waals surface area contributed by atoms with Gasteiger partial charge in [-0.05, 0) is 31.2 Å². The van der Waals surface area contributed by atoms with Crippen LogP contribution in [0.3, 0.4) is 0 Å². The lowest BCUT2D eigenvalue weighted by atomic mass is 10.0. The Balaban J connectivity index is 1.86. The Morgan fingerprint density at radius 3 is 2.87 bits per heavy atom. The van der Waals surface area contributed by atoms with Crippen LogP contribution in [0.5, 0.6) is 0 Å². The highest BCUT2D eigenvalue weighted by Crippen LogP contribution is 2.68. The number of ether oxygens (including phenoxy) is 1. The topological polar surface area (TPSA) is 9.23 Å². The Labute approximate surface area is 91.5 Å². The molecule has 2 fully saturated rings. The predicted molar refractivity (Wildman–Crippen MR) is 60.9 cm³/mol. The lowest BCUT2D eigenvalue weighted by Gasteiger charge is -2.15. The molecule has 15 heavy (non-hydrogen) atoms. The maximum absolute atomic E-state index is 6.03. The monoisotopic (exact) mass is 202 g/mol. The van der Waals surface area contributed by atoms with Gasteiger partial charge in [-0.3, -0.25) is 0 Å². The van der Waals surface area contributed by atoms with E-state index in [-0.39, 0.29) is 5.60 Å². The van der Waals surface area contributed by atoms with Crippen molar-refractivity contribution in [1.82, 2.24) is 0 Å². The van der Waals surface area contributed by atoms with Crippen molar-refractivity contribution < 1.29 is 4.74 Å². The van der Waals surface area contributed by atoms with Crippen LogP contribution in [0, 0.1) is 5.92 Å². The number of hydrogen-bond donors (Lipinski definition) is 0. The molecule has 0 saturated heterocycles. The van der Waals surface area contributed by atoms with Gasteiger partial charge in [0.05, 0.1) is 5.60 Å². The molecule has 0 heterocycles. The predicted octanol–water partition coefficient (Wildman–Crippen LogP) is 3.36. The van der Waals surface area contributed by atoms with Crippen molar-refractivity contribution in [2.24, 2.45) is 5.92 Å². The van der Waals surface area contributed by atoms with Crippen LogP contribution >= 0.6 is 0 Å². The Kier molecular flexibility index (Phi) is 2.10. The first kappa shape index (κ1) is 9.41. The second-order valence-corrected chi connectivity index (χ2v) is 4.78.